The van der Waals surface area contributed by atoms with E-state index in [1.807, 2.05) is 18.2 Å². The fourth-order valence-electron chi connectivity index (χ4n) is 4.75. The number of hydrogen-bond donors (Lipinski definition) is 3. The van der Waals surface area contributed by atoms with E-state index in [9.17, 15) is 19.5 Å². The van der Waals surface area contributed by atoms with Crippen molar-refractivity contribution >= 4 is 46.9 Å². The highest BCUT2D eigenvalue weighted by atomic mass is 32.2. The number of nitrogens with one attached hydrogen (secondary N) is 2. The van der Waals surface area contributed by atoms with Crippen molar-refractivity contribution in [2.75, 3.05) is 18.4 Å². The van der Waals surface area contributed by atoms with Crippen molar-refractivity contribution in [3.8, 4) is 0 Å². The molecule has 32 heavy (non-hydrogen) atoms. The Bertz CT molecular complexity index is 1140. The molecular formula is C24H25N3O4S. The highest BCUT2D eigenvalue weighted by molar-refractivity contribution is 7.97. The van der Waals surface area contributed by atoms with Gasteiger partial charge < -0.3 is 15.4 Å². The van der Waals surface area contributed by atoms with Crippen LogP contribution in [0.15, 0.2) is 23.1 Å². The zero-order valence-electron chi connectivity index (χ0n) is 17.7. The Hall–Kier alpha value is -2.84. The summed E-state index contributed by atoms with van der Waals surface area (Å²) in [6.07, 6.45) is 6.40. The van der Waals surface area contributed by atoms with E-state index in [2.05, 4.69) is 14.6 Å². The van der Waals surface area contributed by atoms with Crippen molar-refractivity contribution < 1.29 is 19.5 Å². The second-order valence-electron chi connectivity index (χ2n) is 8.49. The summed E-state index contributed by atoms with van der Waals surface area (Å²) < 4.78 is 2.34. The Labute approximate surface area is 190 Å². The van der Waals surface area contributed by atoms with Crippen LogP contribution in [0, 0.1) is 0 Å². The van der Waals surface area contributed by atoms with E-state index >= 15 is 0 Å². The number of carbonyl (C=O) groups excluding carboxylic acids is 2. The lowest BCUT2D eigenvalue weighted by Gasteiger charge is -2.13. The normalized spacial score (nSPS) is 19.3. The molecule has 1 aromatic heterocycles. The zero-order valence-corrected chi connectivity index (χ0v) is 18.5. The van der Waals surface area contributed by atoms with E-state index in [4.69, 9.17) is 0 Å². The number of aromatic nitrogens is 1. The Morgan fingerprint density at radius 1 is 1.16 bits per heavy atom. The van der Waals surface area contributed by atoms with Crippen molar-refractivity contribution in [1.29, 1.82) is 0 Å². The van der Waals surface area contributed by atoms with Gasteiger partial charge in [0, 0.05) is 59.0 Å². The smallest absolute Gasteiger partial charge is 0.303 e. The van der Waals surface area contributed by atoms with Crippen molar-refractivity contribution in [2.24, 2.45) is 0 Å². The van der Waals surface area contributed by atoms with Gasteiger partial charge in [0.05, 0.1) is 5.57 Å². The fourth-order valence-corrected chi connectivity index (χ4v) is 5.79. The quantitative estimate of drug-likeness (QED) is 0.451. The number of anilines is 1. The number of benzene rings is 1. The molecule has 3 aliphatic rings. The maximum absolute atomic E-state index is 12.8. The summed E-state index contributed by atoms with van der Waals surface area (Å²) in [6.45, 7) is 2.13. The first-order valence-corrected chi connectivity index (χ1v) is 11.9. The molecule has 0 spiro atoms. The number of Topliss-reactive ketones (excluding diaryl/α,β-unsaturated/α-hetero) is 1. The number of carboxylic acids is 1. The van der Waals surface area contributed by atoms with Crippen LogP contribution in [0.5, 0.6) is 0 Å². The summed E-state index contributed by atoms with van der Waals surface area (Å²) in [7, 11) is 0. The van der Waals surface area contributed by atoms with Crippen LogP contribution in [0.2, 0.25) is 0 Å². The average molecular weight is 452 g/mol. The molecule has 0 radical (unpaired) electrons. The lowest BCUT2D eigenvalue weighted by Crippen LogP contribution is -2.11. The van der Waals surface area contributed by atoms with E-state index in [-0.39, 0.29) is 24.5 Å². The molecule has 1 aromatic carbocycles. The van der Waals surface area contributed by atoms with Gasteiger partial charge in [-0.1, -0.05) is 0 Å². The minimum Gasteiger partial charge on any atom is -0.481 e. The number of amides is 1. The van der Waals surface area contributed by atoms with Crippen molar-refractivity contribution in [2.45, 2.75) is 49.8 Å². The van der Waals surface area contributed by atoms with E-state index < -0.39 is 5.97 Å². The van der Waals surface area contributed by atoms with Crippen LogP contribution >= 0.6 is 11.9 Å². The molecule has 1 fully saturated rings. The molecule has 3 heterocycles. The van der Waals surface area contributed by atoms with Gasteiger partial charge in [-0.2, -0.15) is 0 Å². The third kappa shape index (κ3) is 4.00. The monoisotopic (exact) mass is 451 g/mol. The molecule has 8 heteroatoms. The number of ketones is 1. The molecule has 1 aliphatic carbocycles. The number of carbonyl (C=O) groups is 3. The summed E-state index contributed by atoms with van der Waals surface area (Å²) >= 11 is 1.71. The molecule has 5 rings (SSSR count). The predicted molar refractivity (Wildman–Crippen MR) is 124 cm³/mol. The van der Waals surface area contributed by atoms with Crippen LogP contribution in [0.4, 0.5) is 5.69 Å². The molecule has 3 N–H and O–H groups in total. The largest absolute Gasteiger partial charge is 0.481 e. The van der Waals surface area contributed by atoms with E-state index in [0.717, 1.165) is 47.8 Å². The van der Waals surface area contributed by atoms with Gasteiger partial charge in [0.2, 0.25) is 0 Å². The molecular weight excluding hydrogens is 426 g/mol. The summed E-state index contributed by atoms with van der Waals surface area (Å²) in [5.41, 5.74) is 5.00. The Morgan fingerprint density at radius 3 is 2.75 bits per heavy atom. The van der Waals surface area contributed by atoms with Crippen LogP contribution in [0.25, 0.3) is 11.6 Å². The first-order chi connectivity index (χ1) is 15.5. The minimum absolute atomic E-state index is 0.0492. The fraction of sp³-hybridized carbons (Fsp3) is 0.375. The summed E-state index contributed by atoms with van der Waals surface area (Å²) in [6, 6.07) is 5.99. The zero-order chi connectivity index (χ0) is 22.2. The minimum atomic E-state index is -0.908. The molecule has 2 aromatic rings. The van der Waals surface area contributed by atoms with Crippen molar-refractivity contribution in [3.05, 3.63) is 46.3 Å². The first-order valence-electron chi connectivity index (χ1n) is 11.1. The molecule has 1 saturated heterocycles. The van der Waals surface area contributed by atoms with Crippen molar-refractivity contribution in [3.63, 3.8) is 0 Å². The van der Waals surface area contributed by atoms with Crippen LogP contribution in [0.1, 0.15) is 65.0 Å². The number of nitrogens with zero attached hydrogens (tertiary/aromatic N) is 1. The van der Waals surface area contributed by atoms with Gasteiger partial charge in [0.25, 0.3) is 5.91 Å². The number of hydrogen-bond acceptors (Lipinski definition) is 5. The highest BCUT2D eigenvalue weighted by Gasteiger charge is 2.29. The third-order valence-electron chi connectivity index (χ3n) is 6.27. The summed E-state index contributed by atoms with van der Waals surface area (Å²) in [4.78, 5) is 41.0. The molecule has 166 valence electrons. The number of fused-ring (bicyclic) bond motifs is 2. The second kappa shape index (κ2) is 8.60. The molecule has 0 atom stereocenters. The van der Waals surface area contributed by atoms with E-state index in [0.29, 0.717) is 28.8 Å². The maximum atomic E-state index is 12.8. The SMILES string of the molecule is O=C(O)CCc1c(/C=C2\C(=O)Nc3ccc(SN4CCCC4)cc32)[nH]c2c1C(=O)CCC2. The van der Waals surface area contributed by atoms with Gasteiger partial charge >= 0.3 is 5.97 Å². The number of carboxylic acid groups (broad SMARTS) is 1. The Kier molecular flexibility index (Phi) is 5.65. The number of aromatic amines is 1. The lowest BCUT2D eigenvalue weighted by atomic mass is 9.91. The van der Waals surface area contributed by atoms with Crippen LogP contribution in [0.3, 0.4) is 0 Å². The third-order valence-corrected chi connectivity index (χ3v) is 7.36. The van der Waals surface area contributed by atoms with Gasteiger partial charge in [-0.15, -0.1) is 0 Å². The van der Waals surface area contributed by atoms with Gasteiger partial charge in [0.1, 0.15) is 0 Å². The van der Waals surface area contributed by atoms with E-state index in [1.165, 1.54) is 12.8 Å². The molecule has 7 nitrogen and oxygen atoms in total. The number of H-pyrrole nitrogens is 1. The molecule has 0 saturated carbocycles. The van der Waals surface area contributed by atoms with Gasteiger partial charge in [-0.05, 0) is 73.9 Å². The average Bonchev–Trinajstić information content (AvgIpc) is 3.46. The number of aliphatic carboxylic acids is 1. The molecule has 0 bridgehead atoms. The number of aryl methyl sites for hydroxylation is 1. The van der Waals surface area contributed by atoms with Crippen LogP contribution in [-0.4, -0.2) is 45.1 Å². The summed E-state index contributed by atoms with van der Waals surface area (Å²) in [5.74, 6) is -1.05. The molecule has 2 aliphatic heterocycles. The van der Waals surface area contributed by atoms with Crippen LogP contribution < -0.4 is 5.32 Å². The topological polar surface area (TPSA) is 102 Å². The van der Waals surface area contributed by atoms with Gasteiger partial charge in [0.15, 0.2) is 5.78 Å². The first kappa shape index (κ1) is 21.0. The Morgan fingerprint density at radius 2 is 1.97 bits per heavy atom. The van der Waals surface area contributed by atoms with Gasteiger partial charge in [-0.3, -0.25) is 14.4 Å². The maximum Gasteiger partial charge on any atom is 0.303 e. The molecule has 0 unspecified atom stereocenters. The van der Waals surface area contributed by atoms with E-state index in [1.54, 1.807) is 18.0 Å². The predicted octanol–water partition coefficient (Wildman–Crippen LogP) is 4.15. The Balaban J connectivity index is 1.53. The standard InChI is InChI=1S/C24H25N3O4S/c28-21-5-3-4-19-23(21)15(7-9-22(29)30)20(25-19)13-17-16-12-14(32-27-10-1-2-11-27)6-8-18(16)26-24(17)31/h6,8,12-13,25H,1-5,7,9-11H2,(H,26,31)(H,29,30)/b17-13-. The van der Waals surface area contributed by atoms with Gasteiger partial charge in [-0.25, -0.2) is 4.31 Å². The van der Waals surface area contributed by atoms with Crippen LogP contribution in [-0.2, 0) is 22.4 Å². The van der Waals surface area contributed by atoms with Crippen molar-refractivity contribution in [1.82, 2.24) is 9.29 Å². The molecule has 1 amide bonds. The second-order valence-corrected chi connectivity index (χ2v) is 9.66. The number of rotatable bonds is 6. The summed E-state index contributed by atoms with van der Waals surface area (Å²) in [5, 5.41) is 12.1. The lowest BCUT2D eigenvalue weighted by molar-refractivity contribution is -0.137. The highest BCUT2D eigenvalue weighted by Crippen LogP contribution is 2.38.